The van der Waals surface area contributed by atoms with E-state index in [4.69, 9.17) is 34.9 Å². The third-order valence-corrected chi connectivity index (χ3v) is 12.8. The third kappa shape index (κ3) is 7.55. The van der Waals surface area contributed by atoms with Crippen molar-refractivity contribution < 1.29 is 0 Å². The van der Waals surface area contributed by atoms with Gasteiger partial charge in [0.1, 0.15) is 0 Å². The molecule has 9 aromatic carbocycles. The fraction of sp³-hybridized carbons (Fsp3) is 0. The summed E-state index contributed by atoms with van der Waals surface area (Å²) in [5.74, 6) is 1.64. The van der Waals surface area contributed by atoms with E-state index in [9.17, 15) is 0 Å². The molecule has 0 spiro atoms. The van der Waals surface area contributed by atoms with Gasteiger partial charge in [-0.2, -0.15) is 0 Å². The first-order valence-electron chi connectivity index (χ1n) is 23.2. The lowest BCUT2D eigenvalue weighted by molar-refractivity contribution is 1.07. The van der Waals surface area contributed by atoms with Crippen molar-refractivity contribution in [2.45, 2.75) is 0 Å². The van der Waals surface area contributed by atoms with E-state index in [0.29, 0.717) is 17.5 Å². The smallest absolute Gasteiger partial charge is 0.164 e. The van der Waals surface area contributed by atoms with Crippen LogP contribution in [0.5, 0.6) is 0 Å². The van der Waals surface area contributed by atoms with Crippen molar-refractivity contribution in [3.8, 4) is 90.5 Å². The fourth-order valence-electron chi connectivity index (χ4n) is 9.20. The van der Waals surface area contributed by atoms with Crippen molar-refractivity contribution in [2.75, 3.05) is 0 Å². The summed E-state index contributed by atoms with van der Waals surface area (Å²) in [6, 6.07) is 76.3. The Bertz CT molecular complexity index is 4100. The number of para-hydroxylation sites is 4. The number of nitrogens with zero attached hydrogens (tertiary/aromatic N) is 8. The van der Waals surface area contributed by atoms with Gasteiger partial charge in [-0.1, -0.05) is 182 Å². The Morgan fingerprint density at radius 1 is 0.243 bits per heavy atom. The van der Waals surface area contributed by atoms with Crippen molar-refractivity contribution in [3.63, 3.8) is 0 Å². The normalized spacial score (nSPS) is 11.4. The molecule has 4 heterocycles. The summed E-state index contributed by atoms with van der Waals surface area (Å²) in [7, 11) is 0. The van der Waals surface area contributed by atoms with Crippen molar-refractivity contribution in [1.82, 2.24) is 39.9 Å². The van der Waals surface area contributed by atoms with Crippen molar-refractivity contribution in [1.29, 1.82) is 0 Å². The molecule has 0 amide bonds. The number of benzene rings is 9. The van der Waals surface area contributed by atoms with Crippen LogP contribution in [0.4, 0.5) is 0 Å². The lowest BCUT2D eigenvalue weighted by Crippen LogP contribution is -2.01. The first-order valence-corrected chi connectivity index (χ1v) is 23.2. The molecule has 0 atom stereocenters. The second-order valence-corrected chi connectivity index (χ2v) is 17.2. The number of pyridine rings is 1. The van der Waals surface area contributed by atoms with Gasteiger partial charge in [-0.25, -0.2) is 34.9 Å². The standard InChI is InChI=1S/C62H38N8/c1-2-14-47-38-48(36-23-39(47)12-1)58-56(64-52-19-5-6-20-53(52)66-58)42-26-32-45(33-27-42)61-68-60(44-30-24-41(25-31-44)51-18-9-10-37-63-51)69-62(70-61)46-34-28-43(29-35-46)57-59(67-55-22-8-7-21-54(55)65-57)50-17-11-15-40-13-3-4-16-49(40)50/h1-38H. The van der Waals surface area contributed by atoms with E-state index in [1.807, 2.05) is 78.9 Å². The molecule has 0 saturated heterocycles. The van der Waals surface area contributed by atoms with E-state index in [2.05, 4.69) is 151 Å². The minimum Gasteiger partial charge on any atom is -0.256 e. The van der Waals surface area contributed by atoms with Gasteiger partial charge in [-0.15, -0.1) is 0 Å². The summed E-state index contributed by atoms with van der Waals surface area (Å²) in [6.45, 7) is 0. The molecule has 0 unspecified atom stereocenters. The molecule has 0 radical (unpaired) electrons. The Balaban J connectivity index is 0.913. The van der Waals surface area contributed by atoms with Gasteiger partial charge in [0, 0.05) is 50.7 Å². The Kier molecular flexibility index (Phi) is 9.98. The molecule has 13 aromatic rings. The molecule has 0 bridgehead atoms. The van der Waals surface area contributed by atoms with Gasteiger partial charge in [0.05, 0.1) is 50.5 Å². The minimum atomic E-state index is 0.544. The molecule has 8 heteroatoms. The summed E-state index contributed by atoms with van der Waals surface area (Å²) in [5, 5.41) is 4.58. The fourth-order valence-corrected chi connectivity index (χ4v) is 9.20. The molecule has 0 fully saturated rings. The van der Waals surface area contributed by atoms with Crippen LogP contribution in [-0.4, -0.2) is 39.9 Å². The zero-order chi connectivity index (χ0) is 46.4. The molecule has 0 aliphatic heterocycles. The molecular weight excluding hydrogens is 857 g/mol. The Labute approximate surface area is 402 Å². The highest BCUT2D eigenvalue weighted by atomic mass is 15.0. The molecule has 4 aromatic heterocycles. The molecular formula is C62H38N8. The molecule has 8 nitrogen and oxygen atoms in total. The second kappa shape index (κ2) is 17.2. The predicted molar refractivity (Wildman–Crippen MR) is 282 cm³/mol. The Hall–Kier alpha value is -9.66. The van der Waals surface area contributed by atoms with Crippen molar-refractivity contribution in [2.24, 2.45) is 0 Å². The van der Waals surface area contributed by atoms with E-state index in [0.717, 1.165) is 111 Å². The van der Waals surface area contributed by atoms with Gasteiger partial charge >= 0.3 is 0 Å². The molecule has 0 saturated carbocycles. The average Bonchev–Trinajstić information content (AvgIpc) is 3.44. The molecule has 70 heavy (non-hydrogen) atoms. The molecule has 0 aliphatic carbocycles. The monoisotopic (exact) mass is 894 g/mol. The summed E-state index contributed by atoms with van der Waals surface area (Å²) >= 11 is 0. The number of fused-ring (bicyclic) bond motifs is 4. The minimum absolute atomic E-state index is 0.544. The molecule has 13 rings (SSSR count). The highest BCUT2D eigenvalue weighted by Gasteiger charge is 2.19. The van der Waals surface area contributed by atoms with Gasteiger partial charge < -0.3 is 0 Å². The predicted octanol–water partition coefficient (Wildman–Crippen LogP) is 14.8. The van der Waals surface area contributed by atoms with Gasteiger partial charge in [0.2, 0.25) is 0 Å². The van der Waals surface area contributed by atoms with Crippen LogP contribution in [0.15, 0.2) is 231 Å². The zero-order valence-electron chi connectivity index (χ0n) is 37.5. The lowest BCUT2D eigenvalue weighted by Gasteiger charge is -2.13. The van der Waals surface area contributed by atoms with Gasteiger partial charge in [0.15, 0.2) is 17.5 Å². The van der Waals surface area contributed by atoms with Crippen LogP contribution in [0, 0.1) is 0 Å². The van der Waals surface area contributed by atoms with Crippen LogP contribution in [0.3, 0.4) is 0 Å². The zero-order valence-corrected chi connectivity index (χ0v) is 37.5. The van der Waals surface area contributed by atoms with Crippen LogP contribution in [0.1, 0.15) is 0 Å². The van der Waals surface area contributed by atoms with Crippen molar-refractivity contribution >= 4 is 43.6 Å². The highest BCUT2D eigenvalue weighted by molar-refractivity contribution is 6.00. The van der Waals surface area contributed by atoms with Gasteiger partial charge in [-0.3, -0.25) is 4.98 Å². The number of hydrogen-bond acceptors (Lipinski definition) is 8. The van der Waals surface area contributed by atoms with Crippen LogP contribution in [0.25, 0.3) is 134 Å². The SMILES string of the molecule is c1ccc(-c2ccc(-c3nc(-c4ccc(-c5nc6ccccc6nc5-c5ccc6ccccc6c5)cc4)nc(-c4ccc(-c5nc6ccccc6nc5-c5cccc6ccccc56)cc4)n3)cc2)nc1. The number of rotatable bonds is 8. The van der Waals surface area contributed by atoms with Crippen LogP contribution in [0.2, 0.25) is 0 Å². The third-order valence-electron chi connectivity index (χ3n) is 12.8. The summed E-state index contributed by atoms with van der Waals surface area (Å²) in [4.78, 5) is 40.8. The van der Waals surface area contributed by atoms with Crippen LogP contribution >= 0.6 is 0 Å². The van der Waals surface area contributed by atoms with E-state index >= 15 is 0 Å². The maximum Gasteiger partial charge on any atom is 0.164 e. The second-order valence-electron chi connectivity index (χ2n) is 17.2. The number of hydrogen-bond donors (Lipinski definition) is 0. The largest absolute Gasteiger partial charge is 0.256 e. The molecule has 0 aliphatic rings. The summed E-state index contributed by atoms with van der Waals surface area (Å²) in [6.07, 6.45) is 1.80. The van der Waals surface area contributed by atoms with Gasteiger partial charge in [-0.05, 0) is 64.0 Å². The van der Waals surface area contributed by atoms with E-state index in [1.165, 1.54) is 5.39 Å². The average molecular weight is 895 g/mol. The van der Waals surface area contributed by atoms with Crippen molar-refractivity contribution in [3.05, 3.63) is 231 Å². The molecule has 326 valence electrons. The van der Waals surface area contributed by atoms with E-state index in [1.54, 1.807) is 6.20 Å². The maximum atomic E-state index is 5.23. The maximum absolute atomic E-state index is 5.23. The topological polar surface area (TPSA) is 103 Å². The molecule has 0 N–H and O–H groups in total. The van der Waals surface area contributed by atoms with Gasteiger partial charge in [0.25, 0.3) is 0 Å². The first-order chi connectivity index (χ1) is 34.6. The summed E-state index contributed by atoms with van der Waals surface area (Å²) < 4.78 is 0. The summed E-state index contributed by atoms with van der Waals surface area (Å²) in [5.41, 5.74) is 14.9. The van der Waals surface area contributed by atoms with E-state index in [-0.39, 0.29) is 0 Å². The lowest BCUT2D eigenvalue weighted by atomic mass is 9.97. The highest BCUT2D eigenvalue weighted by Crippen LogP contribution is 2.38. The Morgan fingerprint density at radius 2 is 0.657 bits per heavy atom. The van der Waals surface area contributed by atoms with Crippen LogP contribution < -0.4 is 0 Å². The van der Waals surface area contributed by atoms with E-state index < -0.39 is 0 Å². The first kappa shape index (κ1) is 40.6. The quantitative estimate of drug-likeness (QED) is 0.149. The Morgan fingerprint density at radius 3 is 1.21 bits per heavy atom. The number of aromatic nitrogens is 8. The van der Waals surface area contributed by atoms with Crippen LogP contribution in [-0.2, 0) is 0 Å².